The maximum absolute atomic E-state index is 14.9. The van der Waals surface area contributed by atoms with Gasteiger partial charge in [-0.05, 0) is 46.1 Å². The van der Waals surface area contributed by atoms with Gasteiger partial charge < -0.3 is 19.3 Å². The third kappa shape index (κ3) is 6.55. The molecule has 0 saturated carbocycles. The molecular formula is C29H38ClFN6O4. The summed E-state index contributed by atoms with van der Waals surface area (Å²) >= 11 is 6.18. The molecule has 0 bridgehead atoms. The molecule has 1 aliphatic rings. The van der Waals surface area contributed by atoms with Crippen LogP contribution in [0.15, 0.2) is 23.1 Å². The van der Waals surface area contributed by atoms with Crippen LogP contribution in [0, 0.1) is 5.82 Å². The van der Waals surface area contributed by atoms with Gasteiger partial charge in [-0.15, -0.1) is 0 Å². The molecule has 41 heavy (non-hydrogen) atoms. The predicted octanol–water partition coefficient (Wildman–Crippen LogP) is 5.72. The lowest BCUT2D eigenvalue weighted by Crippen LogP contribution is -2.55. The largest absolute Gasteiger partial charge is 0.491 e. The molecule has 1 amide bonds. The van der Waals surface area contributed by atoms with E-state index >= 15 is 0 Å². The molecule has 1 aliphatic heterocycles. The Hall–Kier alpha value is -3.47. The van der Waals surface area contributed by atoms with Crippen molar-refractivity contribution in [3.8, 4) is 11.4 Å². The van der Waals surface area contributed by atoms with Crippen molar-refractivity contribution in [1.82, 2.24) is 24.4 Å². The first-order chi connectivity index (χ1) is 19.3. The van der Waals surface area contributed by atoms with Crippen LogP contribution in [0.25, 0.3) is 16.7 Å². The normalized spacial score (nSPS) is 16.0. The van der Waals surface area contributed by atoms with Crippen LogP contribution in [-0.2, 0) is 4.74 Å². The van der Waals surface area contributed by atoms with E-state index in [1.165, 1.54) is 10.6 Å². The van der Waals surface area contributed by atoms with Crippen molar-refractivity contribution in [3.63, 3.8) is 0 Å². The third-order valence-electron chi connectivity index (χ3n) is 6.75. The molecule has 0 aromatic carbocycles. The zero-order valence-corrected chi connectivity index (χ0v) is 25.5. The van der Waals surface area contributed by atoms with Crippen LogP contribution < -0.4 is 15.3 Å². The first-order valence-corrected chi connectivity index (χ1v) is 14.4. The first kappa shape index (κ1) is 30.5. The smallest absolute Gasteiger partial charge is 0.410 e. The molecule has 3 aromatic heterocycles. The number of hydrogen-bond donors (Lipinski definition) is 0. The Kier molecular flexibility index (Phi) is 9.06. The van der Waals surface area contributed by atoms with E-state index in [9.17, 15) is 14.0 Å². The van der Waals surface area contributed by atoms with Crippen LogP contribution in [-0.4, -0.2) is 68.4 Å². The van der Waals surface area contributed by atoms with Gasteiger partial charge in [-0.3, -0.25) is 4.98 Å². The Labute approximate surface area is 244 Å². The highest BCUT2D eigenvalue weighted by Crippen LogP contribution is 2.34. The number of amides is 1. The fraction of sp³-hybridized carbons (Fsp3) is 0.552. The quantitative estimate of drug-likeness (QED) is 0.255. The number of carbonyl (C=O) groups is 1. The Bertz CT molecular complexity index is 1490. The molecule has 1 fully saturated rings. The van der Waals surface area contributed by atoms with E-state index < -0.39 is 23.2 Å². The van der Waals surface area contributed by atoms with E-state index in [-0.39, 0.29) is 28.6 Å². The number of aromatic nitrogens is 4. The number of ether oxygens (including phenoxy) is 2. The van der Waals surface area contributed by atoms with Crippen molar-refractivity contribution >= 4 is 34.5 Å². The van der Waals surface area contributed by atoms with Crippen LogP contribution in [0.5, 0.6) is 5.75 Å². The van der Waals surface area contributed by atoms with Crippen molar-refractivity contribution in [3.05, 3.63) is 45.5 Å². The van der Waals surface area contributed by atoms with Crippen LogP contribution in [0.4, 0.5) is 15.0 Å². The van der Waals surface area contributed by atoms with Gasteiger partial charge in [0.25, 0.3) is 0 Å². The lowest BCUT2D eigenvalue weighted by Gasteiger charge is -2.41. The fourth-order valence-electron chi connectivity index (χ4n) is 4.81. The summed E-state index contributed by atoms with van der Waals surface area (Å²) in [6, 6.07) is 2.70. The molecule has 0 spiro atoms. The number of halogens is 2. The van der Waals surface area contributed by atoms with Crippen molar-refractivity contribution in [2.75, 3.05) is 31.1 Å². The van der Waals surface area contributed by atoms with Crippen LogP contribution in [0.2, 0.25) is 5.15 Å². The summed E-state index contributed by atoms with van der Waals surface area (Å²) in [5, 5.41) is -0.0591. The Morgan fingerprint density at radius 3 is 2.61 bits per heavy atom. The maximum Gasteiger partial charge on any atom is 0.410 e. The number of fused-ring (bicyclic) bond motifs is 1. The van der Waals surface area contributed by atoms with E-state index in [1.807, 2.05) is 46.4 Å². The maximum atomic E-state index is 14.9. The third-order valence-corrected chi connectivity index (χ3v) is 7.02. The van der Waals surface area contributed by atoms with Gasteiger partial charge >= 0.3 is 11.8 Å². The summed E-state index contributed by atoms with van der Waals surface area (Å²) in [4.78, 5) is 43.4. The van der Waals surface area contributed by atoms with Gasteiger partial charge in [0, 0.05) is 37.9 Å². The first-order valence-electron chi connectivity index (χ1n) is 14.0. The van der Waals surface area contributed by atoms with E-state index in [0.29, 0.717) is 48.8 Å². The van der Waals surface area contributed by atoms with Gasteiger partial charge in [-0.25, -0.2) is 23.5 Å². The summed E-state index contributed by atoms with van der Waals surface area (Å²) in [7, 11) is 0. The van der Waals surface area contributed by atoms with Crippen LogP contribution in [0.3, 0.4) is 0 Å². The van der Waals surface area contributed by atoms with Gasteiger partial charge in [0.2, 0.25) is 0 Å². The molecule has 222 valence electrons. The van der Waals surface area contributed by atoms with Gasteiger partial charge in [-0.2, -0.15) is 4.98 Å². The van der Waals surface area contributed by atoms with E-state index in [4.69, 9.17) is 21.1 Å². The highest BCUT2D eigenvalue weighted by Gasteiger charge is 2.33. The zero-order valence-electron chi connectivity index (χ0n) is 24.7. The zero-order chi connectivity index (χ0) is 30.1. The molecule has 3 aromatic rings. The fourth-order valence-corrected chi connectivity index (χ4v) is 4.95. The lowest BCUT2D eigenvalue weighted by molar-refractivity contribution is 0.0218. The molecule has 4 rings (SSSR count). The minimum absolute atomic E-state index is 0.0711. The Morgan fingerprint density at radius 2 is 1.98 bits per heavy atom. The monoisotopic (exact) mass is 588 g/mol. The van der Waals surface area contributed by atoms with Crippen LogP contribution in [0.1, 0.15) is 72.9 Å². The minimum atomic E-state index is -0.734. The Balaban J connectivity index is 1.85. The molecular weight excluding hydrogens is 551 g/mol. The van der Waals surface area contributed by atoms with Gasteiger partial charge in [-0.1, -0.05) is 38.8 Å². The lowest BCUT2D eigenvalue weighted by atomic mass is 10.1. The van der Waals surface area contributed by atoms with Gasteiger partial charge in [0.15, 0.2) is 16.6 Å². The SMILES string of the molecule is CCCCOc1ccnc(C(C)C)c1-n1c(=O)nc(N2CCN(C(=O)OC(C)(C)C)C[C@@H]2C)c2cc(F)c(Cl)nc21. The number of anilines is 1. The molecule has 1 saturated heterocycles. The molecule has 0 N–H and O–H groups in total. The summed E-state index contributed by atoms with van der Waals surface area (Å²) in [6.07, 6.45) is 2.99. The average molecular weight is 589 g/mol. The summed E-state index contributed by atoms with van der Waals surface area (Å²) in [5.41, 5.74) is -0.0881. The second-order valence-corrected chi connectivity index (χ2v) is 11.9. The van der Waals surface area contributed by atoms with Gasteiger partial charge in [0.1, 0.15) is 22.9 Å². The minimum Gasteiger partial charge on any atom is -0.491 e. The molecule has 0 unspecified atom stereocenters. The average Bonchev–Trinajstić information content (AvgIpc) is 2.89. The highest BCUT2D eigenvalue weighted by atomic mass is 35.5. The second-order valence-electron chi connectivity index (χ2n) is 11.6. The number of nitrogens with zero attached hydrogens (tertiary/aromatic N) is 6. The topological polar surface area (TPSA) is 103 Å². The number of piperazine rings is 1. The standard InChI is InChI=1S/C29H38ClFN6O4/c1-8-9-14-40-21-10-11-32-22(17(2)3)23(21)37-26-19(15-20(31)24(30)33-26)25(34-27(37)38)36-13-12-35(16-18(36)4)28(39)41-29(5,6)7/h10-11,15,17-18H,8-9,12-14,16H2,1-7H3/t18-/m0/s1. The molecule has 0 radical (unpaired) electrons. The summed E-state index contributed by atoms with van der Waals surface area (Å²) in [5.74, 6) is -0.0823. The van der Waals surface area contributed by atoms with Crippen molar-refractivity contribution in [2.24, 2.45) is 0 Å². The van der Waals surface area contributed by atoms with Gasteiger partial charge in [0.05, 0.1) is 17.7 Å². The molecule has 1 atom stereocenters. The molecule has 10 nitrogen and oxygen atoms in total. The molecule has 4 heterocycles. The number of rotatable bonds is 7. The van der Waals surface area contributed by atoms with E-state index in [0.717, 1.165) is 12.8 Å². The summed E-state index contributed by atoms with van der Waals surface area (Å²) < 4.78 is 27.9. The second kappa shape index (κ2) is 12.2. The van der Waals surface area contributed by atoms with Crippen molar-refractivity contribution < 1.29 is 18.7 Å². The number of unbranched alkanes of at least 4 members (excludes halogenated alkanes) is 1. The Morgan fingerprint density at radius 1 is 1.24 bits per heavy atom. The predicted molar refractivity (Wildman–Crippen MR) is 157 cm³/mol. The number of carbonyl (C=O) groups excluding carboxylic acids is 1. The van der Waals surface area contributed by atoms with Crippen molar-refractivity contribution in [2.45, 2.75) is 78.9 Å². The van der Waals surface area contributed by atoms with Crippen LogP contribution >= 0.6 is 11.6 Å². The molecule has 12 heteroatoms. The highest BCUT2D eigenvalue weighted by molar-refractivity contribution is 6.30. The van der Waals surface area contributed by atoms with Crippen molar-refractivity contribution in [1.29, 1.82) is 0 Å². The number of pyridine rings is 2. The van der Waals surface area contributed by atoms with E-state index in [2.05, 4.69) is 21.9 Å². The molecule has 0 aliphatic carbocycles. The summed E-state index contributed by atoms with van der Waals surface area (Å²) in [6.45, 7) is 14.8. The number of hydrogen-bond acceptors (Lipinski definition) is 8. The van der Waals surface area contributed by atoms with E-state index in [1.54, 1.807) is 17.2 Å².